The maximum atomic E-state index is 12.4. The van der Waals surface area contributed by atoms with Crippen LogP contribution in [-0.2, 0) is 11.3 Å². The minimum absolute atomic E-state index is 0.291. The lowest BCUT2D eigenvalue weighted by molar-refractivity contribution is -0.132. The minimum atomic E-state index is 0.291. The Bertz CT molecular complexity index is 759. The van der Waals surface area contributed by atoms with Gasteiger partial charge in [-0.15, -0.1) is 0 Å². The van der Waals surface area contributed by atoms with Gasteiger partial charge in [0.2, 0.25) is 5.91 Å². The molecule has 2 aliphatic rings. The fraction of sp³-hybridized carbons (Fsp3) is 0.556. The molecule has 4 rings (SSSR count). The van der Waals surface area contributed by atoms with Crippen molar-refractivity contribution in [2.75, 3.05) is 26.2 Å². The first kappa shape index (κ1) is 15.9. The molecule has 0 radical (unpaired) electrons. The van der Waals surface area contributed by atoms with E-state index in [1.54, 1.807) is 0 Å². The Morgan fingerprint density at radius 1 is 1.25 bits per heavy atom. The van der Waals surface area contributed by atoms with Gasteiger partial charge >= 0.3 is 0 Å². The Hall–Kier alpha value is -1.59. The number of aromatic nitrogens is 2. The van der Waals surface area contributed by atoms with Crippen molar-refractivity contribution in [3.8, 4) is 0 Å². The van der Waals surface area contributed by atoms with E-state index in [1.807, 2.05) is 28.9 Å². The van der Waals surface area contributed by atoms with E-state index in [-0.39, 0.29) is 0 Å². The lowest BCUT2D eigenvalue weighted by Gasteiger charge is -2.21. The van der Waals surface area contributed by atoms with E-state index >= 15 is 0 Å². The normalized spacial score (nSPS) is 25.0. The second-order valence-electron chi connectivity index (χ2n) is 7.12. The lowest BCUT2D eigenvalue weighted by Crippen LogP contribution is -2.36. The molecule has 0 aromatic carbocycles. The van der Waals surface area contributed by atoms with Crippen molar-refractivity contribution in [1.82, 2.24) is 19.2 Å². The molecule has 2 aromatic heterocycles. The molecule has 0 N–H and O–H groups in total. The second kappa shape index (κ2) is 6.37. The van der Waals surface area contributed by atoms with Crippen LogP contribution >= 0.6 is 11.6 Å². The highest BCUT2D eigenvalue weighted by Crippen LogP contribution is 2.39. The van der Waals surface area contributed by atoms with E-state index in [9.17, 15) is 4.79 Å². The molecule has 2 unspecified atom stereocenters. The first-order valence-corrected chi connectivity index (χ1v) is 9.12. The molecule has 128 valence electrons. The van der Waals surface area contributed by atoms with Crippen LogP contribution in [0.15, 0.2) is 24.5 Å². The summed E-state index contributed by atoms with van der Waals surface area (Å²) in [5, 5.41) is 0.713. The van der Waals surface area contributed by atoms with Crippen LogP contribution in [0.2, 0.25) is 5.02 Å². The quantitative estimate of drug-likeness (QED) is 0.858. The molecule has 5 nitrogen and oxygen atoms in total. The highest BCUT2D eigenvalue weighted by Gasteiger charge is 2.41. The van der Waals surface area contributed by atoms with Crippen molar-refractivity contribution >= 4 is 23.2 Å². The highest BCUT2D eigenvalue weighted by atomic mass is 35.5. The fourth-order valence-corrected chi connectivity index (χ4v) is 3.74. The monoisotopic (exact) mass is 346 g/mol. The topological polar surface area (TPSA) is 40.9 Å². The second-order valence-corrected chi connectivity index (χ2v) is 7.56. The molecule has 1 saturated heterocycles. The average Bonchev–Trinajstić information content (AvgIpc) is 3.22. The number of nitrogens with zero attached hydrogens (tertiary/aromatic N) is 4. The van der Waals surface area contributed by atoms with Crippen molar-refractivity contribution in [2.45, 2.75) is 26.3 Å². The third-order valence-electron chi connectivity index (χ3n) is 5.18. The van der Waals surface area contributed by atoms with E-state index in [0.717, 1.165) is 56.9 Å². The van der Waals surface area contributed by atoms with Gasteiger partial charge in [0.15, 0.2) is 0 Å². The SMILES string of the molecule is CC1CC1C(=O)N1CCCN(Cc2cn3cc(Cl)ccc3n2)CC1. The molecule has 0 bridgehead atoms. The summed E-state index contributed by atoms with van der Waals surface area (Å²) >= 11 is 6.03. The standard InChI is InChI=1S/C18H23ClN4O/c1-13-9-16(13)18(24)22-6-2-5-21(7-8-22)11-15-12-23-10-14(19)3-4-17(23)20-15/h3-4,10,12-13,16H,2,5-9,11H2,1H3. The van der Waals surface area contributed by atoms with E-state index < -0.39 is 0 Å². The largest absolute Gasteiger partial charge is 0.341 e. The Morgan fingerprint density at radius 2 is 2.08 bits per heavy atom. The Balaban J connectivity index is 1.39. The summed E-state index contributed by atoms with van der Waals surface area (Å²) in [7, 11) is 0. The van der Waals surface area contributed by atoms with Crippen molar-refractivity contribution in [3.05, 3.63) is 35.2 Å². The Kier molecular flexibility index (Phi) is 4.22. The van der Waals surface area contributed by atoms with Crippen LogP contribution in [0, 0.1) is 11.8 Å². The van der Waals surface area contributed by atoms with Gasteiger partial charge in [0, 0.05) is 51.0 Å². The third kappa shape index (κ3) is 3.28. The summed E-state index contributed by atoms with van der Waals surface area (Å²) in [6.07, 6.45) is 6.03. The molecule has 0 spiro atoms. The van der Waals surface area contributed by atoms with Gasteiger partial charge in [0.1, 0.15) is 5.65 Å². The summed E-state index contributed by atoms with van der Waals surface area (Å²) in [6, 6.07) is 3.80. The molecule has 1 saturated carbocycles. The first-order chi connectivity index (χ1) is 11.6. The number of rotatable bonds is 3. The number of carbonyl (C=O) groups excluding carboxylic acids is 1. The van der Waals surface area contributed by atoms with Crippen molar-refractivity contribution < 1.29 is 4.79 Å². The van der Waals surface area contributed by atoms with Gasteiger partial charge in [-0.3, -0.25) is 9.69 Å². The lowest BCUT2D eigenvalue weighted by atomic mass is 10.3. The van der Waals surface area contributed by atoms with Gasteiger partial charge in [-0.25, -0.2) is 4.98 Å². The van der Waals surface area contributed by atoms with E-state index in [1.165, 1.54) is 0 Å². The number of pyridine rings is 1. The molecular weight excluding hydrogens is 324 g/mol. The van der Waals surface area contributed by atoms with Gasteiger partial charge in [-0.05, 0) is 30.9 Å². The van der Waals surface area contributed by atoms with Gasteiger partial charge in [-0.2, -0.15) is 0 Å². The molecule has 2 fully saturated rings. The average molecular weight is 347 g/mol. The zero-order chi connectivity index (χ0) is 16.7. The van der Waals surface area contributed by atoms with Crippen molar-refractivity contribution in [3.63, 3.8) is 0 Å². The zero-order valence-corrected chi connectivity index (χ0v) is 14.7. The number of fused-ring (bicyclic) bond motifs is 1. The number of amides is 1. The predicted molar refractivity (Wildman–Crippen MR) is 93.9 cm³/mol. The first-order valence-electron chi connectivity index (χ1n) is 8.74. The van der Waals surface area contributed by atoms with Crippen LogP contribution in [0.3, 0.4) is 0 Å². The van der Waals surface area contributed by atoms with Crippen LogP contribution in [0.1, 0.15) is 25.5 Å². The molecule has 2 aromatic rings. The van der Waals surface area contributed by atoms with Crippen LogP contribution in [0.4, 0.5) is 0 Å². The molecule has 1 aliphatic carbocycles. The molecule has 1 amide bonds. The number of hydrogen-bond acceptors (Lipinski definition) is 3. The van der Waals surface area contributed by atoms with Crippen LogP contribution < -0.4 is 0 Å². The number of imidazole rings is 1. The number of hydrogen-bond donors (Lipinski definition) is 0. The van der Waals surface area contributed by atoms with E-state index in [4.69, 9.17) is 11.6 Å². The fourth-order valence-electron chi connectivity index (χ4n) is 3.57. The summed E-state index contributed by atoms with van der Waals surface area (Å²) in [6.45, 7) is 6.64. The number of carbonyl (C=O) groups is 1. The minimum Gasteiger partial charge on any atom is -0.341 e. The maximum absolute atomic E-state index is 12.4. The number of halogens is 1. The highest BCUT2D eigenvalue weighted by molar-refractivity contribution is 6.30. The Labute approximate surface area is 147 Å². The molecule has 3 heterocycles. The molecule has 2 atom stereocenters. The molecule has 1 aliphatic heterocycles. The maximum Gasteiger partial charge on any atom is 0.226 e. The van der Waals surface area contributed by atoms with Gasteiger partial charge in [0.05, 0.1) is 10.7 Å². The smallest absolute Gasteiger partial charge is 0.226 e. The summed E-state index contributed by atoms with van der Waals surface area (Å²) in [5.41, 5.74) is 1.97. The van der Waals surface area contributed by atoms with Gasteiger partial charge < -0.3 is 9.30 Å². The predicted octanol–water partition coefficient (Wildman–Crippen LogP) is 2.68. The van der Waals surface area contributed by atoms with Crippen molar-refractivity contribution in [2.24, 2.45) is 11.8 Å². The van der Waals surface area contributed by atoms with Crippen molar-refractivity contribution in [1.29, 1.82) is 0 Å². The summed E-state index contributed by atoms with van der Waals surface area (Å²) in [4.78, 5) is 21.5. The zero-order valence-electron chi connectivity index (χ0n) is 14.0. The molecule has 6 heteroatoms. The summed E-state index contributed by atoms with van der Waals surface area (Å²) in [5.74, 6) is 1.24. The third-order valence-corrected chi connectivity index (χ3v) is 5.40. The van der Waals surface area contributed by atoms with Crippen LogP contribution in [-0.4, -0.2) is 51.3 Å². The van der Waals surface area contributed by atoms with Gasteiger partial charge in [0.25, 0.3) is 0 Å². The van der Waals surface area contributed by atoms with Crippen LogP contribution in [0.5, 0.6) is 0 Å². The van der Waals surface area contributed by atoms with Gasteiger partial charge in [-0.1, -0.05) is 18.5 Å². The summed E-state index contributed by atoms with van der Waals surface area (Å²) < 4.78 is 1.97. The Morgan fingerprint density at radius 3 is 2.88 bits per heavy atom. The van der Waals surface area contributed by atoms with E-state index in [0.29, 0.717) is 22.8 Å². The van der Waals surface area contributed by atoms with Crippen LogP contribution in [0.25, 0.3) is 5.65 Å². The molecule has 24 heavy (non-hydrogen) atoms. The van der Waals surface area contributed by atoms with E-state index in [2.05, 4.69) is 21.7 Å². The molecular formula is C18H23ClN4O.